The van der Waals surface area contributed by atoms with Crippen molar-refractivity contribution in [2.75, 3.05) is 24.7 Å². The summed E-state index contributed by atoms with van der Waals surface area (Å²) in [7, 11) is 0. The monoisotopic (exact) mass is 552 g/mol. The summed E-state index contributed by atoms with van der Waals surface area (Å²) in [4.78, 5) is 46.1. The molecule has 1 aromatic carbocycles. The quantitative estimate of drug-likeness (QED) is 0.310. The highest BCUT2D eigenvalue weighted by Gasteiger charge is 2.79. The molecule has 4 rings (SSSR count). The Hall–Kier alpha value is -2.97. The molecular formula is C32H44N2O6. The number of benzene rings is 1. The minimum atomic E-state index is -1.21. The highest BCUT2D eigenvalue weighted by molar-refractivity contribution is 6.05. The second-order valence-electron chi connectivity index (χ2n) is 11.9. The third-order valence-electron chi connectivity index (χ3n) is 9.08. The van der Waals surface area contributed by atoms with Crippen LogP contribution in [0.3, 0.4) is 0 Å². The van der Waals surface area contributed by atoms with Crippen LogP contribution in [0.15, 0.2) is 43.5 Å². The van der Waals surface area contributed by atoms with E-state index in [1.54, 1.807) is 15.9 Å². The Balaban J connectivity index is 1.90. The van der Waals surface area contributed by atoms with E-state index in [4.69, 9.17) is 9.47 Å². The van der Waals surface area contributed by atoms with Gasteiger partial charge in [0.05, 0.1) is 24.2 Å². The molecule has 0 aromatic heterocycles. The fourth-order valence-electron chi connectivity index (χ4n) is 7.54. The molecule has 2 amide bonds. The summed E-state index contributed by atoms with van der Waals surface area (Å²) in [5.74, 6) is -2.68. The van der Waals surface area contributed by atoms with Gasteiger partial charge in [0, 0.05) is 12.2 Å². The molecular weight excluding hydrogens is 508 g/mol. The average molecular weight is 553 g/mol. The molecule has 0 aliphatic carbocycles. The van der Waals surface area contributed by atoms with Crippen molar-refractivity contribution < 1.29 is 29.0 Å². The standard InChI is InChI=1S/C32H44N2O6/c1-8-16-33(26-21(6)12-11-13-22(26)7)29(37)27-32-15-14-31(10-3,40-32)25(30(38)39-17-9-2)24(32)28(36)34(27)23(19-35)18-20(4)5/h8-9,11-13,20,23-25,27,35H,1-2,10,14-19H2,3-7H3/t23-,24+,25+,27?,31-,32?/m1/s1. The first-order chi connectivity index (χ1) is 19.0. The Morgan fingerprint density at radius 2 is 1.90 bits per heavy atom. The van der Waals surface area contributed by atoms with E-state index in [1.807, 2.05) is 52.8 Å². The van der Waals surface area contributed by atoms with Gasteiger partial charge in [0.25, 0.3) is 5.91 Å². The van der Waals surface area contributed by atoms with Gasteiger partial charge in [-0.25, -0.2) is 0 Å². The van der Waals surface area contributed by atoms with E-state index in [1.165, 1.54) is 6.08 Å². The van der Waals surface area contributed by atoms with Crippen molar-refractivity contribution >= 4 is 23.5 Å². The maximum Gasteiger partial charge on any atom is 0.313 e. The lowest BCUT2D eigenvalue weighted by Crippen LogP contribution is -2.59. The van der Waals surface area contributed by atoms with Gasteiger partial charge in [-0.3, -0.25) is 14.4 Å². The molecule has 2 bridgehead atoms. The van der Waals surface area contributed by atoms with Gasteiger partial charge < -0.3 is 24.4 Å². The van der Waals surface area contributed by atoms with Gasteiger partial charge in [-0.15, -0.1) is 6.58 Å². The molecule has 1 spiro atoms. The number of anilines is 1. The summed E-state index contributed by atoms with van der Waals surface area (Å²) < 4.78 is 12.4. The lowest BCUT2D eigenvalue weighted by atomic mass is 9.65. The predicted molar refractivity (Wildman–Crippen MR) is 154 cm³/mol. The number of carbonyl (C=O) groups excluding carboxylic acids is 3. The molecule has 0 radical (unpaired) electrons. The third-order valence-corrected chi connectivity index (χ3v) is 9.08. The summed E-state index contributed by atoms with van der Waals surface area (Å²) in [6.07, 6.45) is 5.19. The molecule has 3 heterocycles. The largest absolute Gasteiger partial charge is 0.461 e. The number of aryl methyl sites for hydroxylation is 2. The number of hydrogen-bond donors (Lipinski definition) is 1. The van der Waals surface area contributed by atoms with Crippen LogP contribution in [0.4, 0.5) is 5.69 Å². The minimum Gasteiger partial charge on any atom is -0.461 e. The molecule has 40 heavy (non-hydrogen) atoms. The normalized spacial score (nSPS) is 29.4. The number of nitrogens with zero attached hydrogens (tertiary/aromatic N) is 2. The van der Waals surface area contributed by atoms with E-state index in [-0.39, 0.29) is 37.5 Å². The molecule has 8 nitrogen and oxygen atoms in total. The lowest BCUT2D eigenvalue weighted by molar-refractivity contribution is -0.161. The van der Waals surface area contributed by atoms with Crippen LogP contribution in [-0.4, -0.2) is 70.8 Å². The van der Waals surface area contributed by atoms with Gasteiger partial charge in [0.2, 0.25) is 5.91 Å². The van der Waals surface area contributed by atoms with Crippen LogP contribution in [0, 0.1) is 31.6 Å². The van der Waals surface area contributed by atoms with Crippen LogP contribution in [0.5, 0.6) is 0 Å². The molecule has 1 aromatic rings. The Morgan fingerprint density at radius 3 is 2.45 bits per heavy atom. The van der Waals surface area contributed by atoms with Crippen molar-refractivity contribution in [1.29, 1.82) is 0 Å². The van der Waals surface area contributed by atoms with E-state index in [0.717, 1.165) is 16.8 Å². The fraction of sp³-hybridized carbons (Fsp3) is 0.594. The summed E-state index contributed by atoms with van der Waals surface area (Å²) in [5.41, 5.74) is 0.520. The zero-order chi connectivity index (χ0) is 29.4. The molecule has 3 saturated heterocycles. The topological polar surface area (TPSA) is 96.4 Å². The van der Waals surface area contributed by atoms with Crippen molar-refractivity contribution in [2.45, 2.75) is 83.6 Å². The summed E-state index contributed by atoms with van der Waals surface area (Å²) in [6, 6.07) is 4.24. The first kappa shape index (κ1) is 30.0. The van der Waals surface area contributed by atoms with Crippen LogP contribution in [-0.2, 0) is 23.9 Å². The highest BCUT2D eigenvalue weighted by atomic mass is 16.6. The number of para-hydroxylation sites is 1. The van der Waals surface area contributed by atoms with Crippen molar-refractivity contribution in [1.82, 2.24) is 4.90 Å². The molecule has 3 fully saturated rings. The number of aliphatic hydroxyl groups is 1. The van der Waals surface area contributed by atoms with Crippen LogP contribution < -0.4 is 4.90 Å². The van der Waals surface area contributed by atoms with E-state index >= 15 is 0 Å². The smallest absolute Gasteiger partial charge is 0.313 e. The van der Waals surface area contributed by atoms with Crippen molar-refractivity contribution in [3.05, 3.63) is 54.6 Å². The van der Waals surface area contributed by atoms with E-state index in [9.17, 15) is 19.5 Å². The van der Waals surface area contributed by atoms with Gasteiger partial charge in [0.1, 0.15) is 24.2 Å². The second kappa shape index (κ2) is 11.5. The number of rotatable bonds is 12. The van der Waals surface area contributed by atoms with Gasteiger partial charge in [0.15, 0.2) is 0 Å². The molecule has 8 heteroatoms. The van der Waals surface area contributed by atoms with Crippen LogP contribution in [0.1, 0.15) is 57.6 Å². The molecule has 6 atom stereocenters. The van der Waals surface area contributed by atoms with Gasteiger partial charge >= 0.3 is 5.97 Å². The second-order valence-corrected chi connectivity index (χ2v) is 11.9. The number of hydrogen-bond acceptors (Lipinski definition) is 6. The zero-order valence-electron chi connectivity index (χ0n) is 24.5. The summed E-state index contributed by atoms with van der Waals surface area (Å²) in [6.45, 7) is 17.4. The van der Waals surface area contributed by atoms with Gasteiger partial charge in [-0.1, -0.05) is 57.7 Å². The molecule has 2 unspecified atom stereocenters. The first-order valence-electron chi connectivity index (χ1n) is 14.4. The Morgan fingerprint density at radius 1 is 1.23 bits per heavy atom. The first-order valence-corrected chi connectivity index (χ1v) is 14.4. The van der Waals surface area contributed by atoms with Crippen molar-refractivity contribution in [2.24, 2.45) is 17.8 Å². The molecule has 0 saturated carbocycles. The zero-order valence-corrected chi connectivity index (χ0v) is 24.5. The summed E-state index contributed by atoms with van der Waals surface area (Å²) in [5, 5.41) is 10.5. The van der Waals surface area contributed by atoms with Gasteiger partial charge in [-0.2, -0.15) is 0 Å². The number of esters is 1. The van der Waals surface area contributed by atoms with Crippen LogP contribution in [0.2, 0.25) is 0 Å². The maximum atomic E-state index is 14.9. The summed E-state index contributed by atoms with van der Waals surface area (Å²) >= 11 is 0. The lowest BCUT2D eigenvalue weighted by Gasteiger charge is -2.40. The molecule has 3 aliphatic rings. The fourth-order valence-corrected chi connectivity index (χ4v) is 7.54. The number of amides is 2. The number of ether oxygens (including phenoxy) is 2. The third kappa shape index (κ3) is 4.59. The van der Waals surface area contributed by atoms with Crippen molar-refractivity contribution in [3.63, 3.8) is 0 Å². The van der Waals surface area contributed by atoms with Crippen molar-refractivity contribution in [3.8, 4) is 0 Å². The van der Waals surface area contributed by atoms with E-state index in [0.29, 0.717) is 25.7 Å². The maximum absolute atomic E-state index is 14.9. The predicted octanol–water partition coefficient (Wildman–Crippen LogP) is 4.11. The number of likely N-dealkylation sites (tertiary alicyclic amines) is 1. The molecule has 1 N–H and O–H groups in total. The van der Waals surface area contributed by atoms with Gasteiger partial charge in [-0.05, 0) is 56.6 Å². The highest BCUT2D eigenvalue weighted by Crippen LogP contribution is 2.65. The minimum absolute atomic E-state index is 0.0292. The van der Waals surface area contributed by atoms with E-state index in [2.05, 4.69) is 13.2 Å². The Labute approximate surface area is 238 Å². The SMILES string of the molecule is C=CCOC(=O)[C@@H]1[C@H]2C(=O)N([C@@H](CO)CC(C)C)C(C(=O)N(CC=C)c3c(C)cccc3C)C23CC[C@@]1(CC)O3. The van der Waals surface area contributed by atoms with Crippen LogP contribution >= 0.6 is 0 Å². The molecule has 3 aliphatic heterocycles. The van der Waals surface area contributed by atoms with E-state index < -0.39 is 41.1 Å². The number of aliphatic hydroxyl groups excluding tert-OH is 1. The average Bonchev–Trinajstić information content (AvgIpc) is 3.53. The Bertz CT molecular complexity index is 1160. The number of carbonyl (C=O) groups is 3. The number of fused-ring (bicyclic) bond motifs is 1. The Kier molecular flexibility index (Phi) is 8.62. The van der Waals surface area contributed by atoms with Crippen LogP contribution in [0.25, 0.3) is 0 Å². The molecule has 218 valence electrons.